The van der Waals surface area contributed by atoms with Crippen LogP contribution in [0.2, 0.25) is 0 Å². The van der Waals surface area contributed by atoms with Gasteiger partial charge in [-0.15, -0.1) is 0 Å². The van der Waals surface area contributed by atoms with Crippen molar-refractivity contribution in [1.82, 2.24) is 5.32 Å². The van der Waals surface area contributed by atoms with E-state index in [4.69, 9.17) is 4.74 Å². The van der Waals surface area contributed by atoms with Crippen molar-refractivity contribution in [3.05, 3.63) is 7.05 Å². The van der Waals surface area contributed by atoms with Crippen molar-refractivity contribution in [2.45, 2.75) is 19.1 Å². The summed E-state index contributed by atoms with van der Waals surface area (Å²) in [5, 5.41) is 2.13. The second kappa shape index (κ2) is 3.53. The fourth-order valence-electron chi connectivity index (χ4n) is 0.816. The molecule has 0 saturated carbocycles. The molecule has 0 bridgehead atoms. The zero-order valence-electron chi connectivity index (χ0n) is 6.70. The molecule has 1 radical (unpaired) electrons. The summed E-state index contributed by atoms with van der Waals surface area (Å²) < 4.78 is 9.38. The van der Waals surface area contributed by atoms with Gasteiger partial charge in [0, 0.05) is 7.05 Å². The summed E-state index contributed by atoms with van der Waals surface area (Å²) in [7, 11) is 3.15. The number of esters is 1. The van der Waals surface area contributed by atoms with E-state index >= 15 is 0 Å². The largest absolute Gasteiger partial charge is 0.464 e. The van der Waals surface area contributed by atoms with Crippen molar-refractivity contribution < 1.29 is 19.1 Å². The Hall–Kier alpha value is -1.10. The lowest BCUT2D eigenvalue weighted by molar-refractivity contribution is -0.144. The molecule has 1 aliphatic rings. The first-order valence-corrected chi connectivity index (χ1v) is 3.59. The first-order valence-electron chi connectivity index (χ1n) is 3.59. The molecule has 67 valence electrons. The Bertz CT molecular complexity index is 204. The van der Waals surface area contributed by atoms with Crippen molar-refractivity contribution in [2.75, 3.05) is 6.61 Å². The molecule has 1 saturated heterocycles. The van der Waals surface area contributed by atoms with Crippen LogP contribution < -0.4 is 5.32 Å². The number of nitrogens with one attached hydrogen (secondary N) is 1. The minimum atomic E-state index is -0.730. The Balaban J connectivity index is 2.32. The first kappa shape index (κ1) is 8.99. The lowest BCUT2D eigenvalue weighted by Gasteiger charge is -1.95. The van der Waals surface area contributed by atoms with Gasteiger partial charge < -0.3 is 14.8 Å². The van der Waals surface area contributed by atoms with Crippen LogP contribution in [0.3, 0.4) is 0 Å². The standard InChI is InChI=1S/C7H10NO4/c1-3-11-7(10)5-4(12-5)6(9)8-2/h4-5H,2-3H2,1H3,(H,8,9). The molecule has 1 N–H and O–H groups in total. The first-order chi connectivity index (χ1) is 5.70. The van der Waals surface area contributed by atoms with Gasteiger partial charge in [-0.1, -0.05) is 0 Å². The average molecular weight is 172 g/mol. The molecule has 1 fully saturated rings. The molecule has 2 atom stereocenters. The summed E-state index contributed by atoms with van der Waals surface area (Å²) in [4.78, 5) is 21.7. The summed E-state index contributed by atoms with van der Waals surface area (Å²) in [6.07, 6.45) is -1.44. The van der Waals surface area contributed by atoms with E-state index in [1.807, 2.05) is 0 Å². The maximum atomic E-state index is 10.9. The predicted octanol–water partition coefficient (Wildman–Crippen LogP) is -0.775. The Morgan fingerprint density at radius 2 is 2.25 bits per heavy atom. The molecular formula is C7H10NO4. The molecule has 1 amide bonds. The molecule has 1 aliphatic heterocycles. The average Bonchev–Trinajstić information content (AvgIpc) is 2.82. The van der Waals surface area contributed by atoms with Crippen molar-refractivity contribution in [1.29, 1.82) is 0 Å². The van der Waals surface area contributed by atoms with Crippen molar-refractivity contribution in [3.8, 4) is 0 Å². The Morgan fingerprint density at radius 1 is 1.58 bits per heavy atom. The van der Waals surface area contributed by atoms with E-state index in [-0.39, 0.29) is 6.61 Å². The zero-order valence-corrected chi connectivity index (χ0v) is 6.70. The van der Waals surface area contributed by atoms with E-state index < -0.39 is 24.1 Å². The highest BCUT2D eigenvalue weighted by molar-refractivity contribution is 5.92. The third-order valence-electron chi connectivity index (χ3n) is 1.44. The van der Waals surface area contributed by atoms with Crippen molar-refractivity contribution in [2.24, 2.45) is 0 Å². The van der Waals surface area contributed by atoms with Gasteiger partial charge in [-0.3, -0.25) is 4.79 Å². The van der Waals surface area contributed by atoms with E-state index in [1.54, 1.807) is 6.92 Å². The van der Waals surface area contributed by atoms with Crippen LogP contribution >= 0.6 is 0 Å². The fraction of sp³-hybridized carbons (Fsp3) is 0.571. The SMILES string of the molecule is [CH2]NC(=O)C1OC1C(=O)OCC. The summed E-state index contributed by atoms with van der Waals surface area (Å²) in [6, 6.07) is 0. The molecular weight excluding hydrogens is 162 g/mol. The van der Waals surface area contributed by atoms with Crippen LogP contribution in [0.1, 0.15) is 6.92 Å². The van der Waals surface area contributed by atoms with Gasteiger partial charge in [0.2, 0.25) is 0 Å². The van der Waals surface area contributed by atoms with Crippen LogP contribution in [0.25, 0.3) is 0 Å². The molecule has 2 unspecified atom stereocenters. The van der Waals surface area contributed by atoms with Crippen LogP contribution in [0, 0.1) is 7.05 Å². The second-order valence-corrected chi connectivity index (χ2v) is 2.27. The van der Waals surface area contributed by atoms with Gasteiger partial charge in [-0.25, -0.2) is 4.79 Å². The molecule has 0 aromatic rings. The van der Waals surface area contributed by atoms with Gasteiger partial charge >= 0.3 is 5.97 Å². The topological polar surface area (TPSA) is 67.9 Å². The molecule has 1 heterocycles. The number of epoxide rings is 1. The number of carbonyl (C=O) groups is 2. The number of carbonyl (C=O) groups excluding carboxylic acids is 2. The van der Waals surface area contributed by atoms with Gasteiger partial charge in [-0.2, -0.15) is 0 Å². The smallest absolute Gasteiger partial charge is 0.338 e. The maximum absolute atomic E-state index is 10.9. The molecule has 5 nitrogen and oxygen atoms in total. The quantitative estimate of drug-likeness (QED) is 0.448. The van der Waals surface area contributed by atoms with Crippen LogP contribution in [0.5, 0.6) is 0 Å². The van der Waals surface area contributed by atoms with Crippen LogP contribution in [0.15, 0.2) is 0 Å². The summed E-state index contributed by atoms with van der Waals surface area (Å²) in [5.74, 6) is -0.890. The maximum Gasteiger partial charge on any atom is 0.338 e. The van der Waals surface area contributed by atoms with Crippen LogP contribution in [-0.4, -0.2) is 30.7 Å². The van der Waals surface area contributed by atoms with Gasteiger partial charge in [0.1, 0.15) is 0 Å². The summed E-state index contributed by atoms with van der Waals surface area (Å²) >= 11 is 0. The minimum Gasteiger partial charge on any atom is -0.464 e. The number of rotatable bonds is 3. The van der Waals surface area contributed by atoms with Gasteiger partial charge in [0.15, 0.2) is 12.2 Å². The third-order valence-corrected chi connectivity index (χ3v) is 1.44. The molecule has 0 aromatic carbocycles. The van der Waals surface area contributed by atoms with Crippen LogP contribution in [0.4, 0.5) is 0 Å². The second-order valence-electron chi connectivity index (χ2n) is 2.27. The zero-order chi connectivity index (χ0) is 9.14. The highest BCUT2D eigenvalue weighted by atomic mass is 16.6. The summed E-state index contributed by atoms with van der Waals surface area (Å²) in [5.41, 5.74) is 0. The van der Waals surface area contributed by atoms with Gasteiger partial charge in [0.05, 0.1) is 6.61 Å². The molecule has 0 aromatic heterocycles. The molecule has 5 heteroatoms. The van der Waals surface area contributed by atoms with Crippen molar-refractivity contribution >= 4 is 11.9 Å². The normalized spacial score (nSPS) is 26.2. The van der Waals surface area contributed by atoms with Gasteiger partial charge in [-0.05, 0) is 6.92 Å². The highest BCUT2D eigenvalue weighted by Gasteiger charge is 2.51. The number of amides is 1. The van der Waals surface area contributed by atoms with Crippen LogP contribution in [-0.2, 0) is 19.1 Å². The Labute approximate surface area is 70.0 Å². The van der Waals surface area contributed by atoms with E-state index in [0.717, 1.165) is 0 Å². The molecule has 0 spiro atoms. The lowest BCUT2D eigenvalue weighted by Crippen LogP contribution is -2.26. The molecule has 1 rings (SSSR count). The van der Waals surface area contributed by atoms with E-state index in [1.165, 1.54) is 0 Å². The minimum absolute atomic E-state index is 0.289. The van der Waals surface area contributed by atoms with E-state index in [9.17, 15) is 9.59 Å². The number of ether oxygens (including phenoxy) is 2. The van der Waals surface area contributed by atoms with E-state index in [0.29, 0.717) is 0 Å². The number of hydrogen-bond donors (Lipinski definition) is 1. The monoisotopic (exact) mass is 172 g/mol. The molecule has 12 heavy (non-hydrogen) atoms. The molecule has 0 aliphatic carbocycles. The lowest BCUT2D eigenvalue weighted by atomic mass is 10.3. The Kier molecular flexibility index (Phi) is 2.65. The highest BCUT2D eigenvalue weighted by Crippen LogP contribution is 2.23. The number of hydrogen-bond acceptors (Lipinski definition) is 4. The Morgan fingerprint density at radius 3 is 2.75 bits per heavy atom. The van der Waals surface area contributed by atoms with Gasteiger partial charge in [0.25, 0.3) is 5.91 Å². The summed E-state index contributed by atoms with van der Waals surface area (Å²) in [6.45, 7) is 1.98. The van der Waals surface area contributed by atoms with Crippen molar-refractivity contribution in [3.63, 3.8) is 0 Å². The van der Waals surface area contributed by atoms with E-state index in [2.05, 4.69) is 17.1 Å². The third kappa shape index (κ3) is 1.73. The predicted molar refractivity (Wildman–Crippen MR) is 38.8 cm³/mol. The fourth-order valence-corrected chi connectivity index (χ4v) is 0.816.